The lowest BCUT2D eigenvalue weighted by atomic mass is 10.1. The van der Waals surface area contributed by atoms with Crippen molar-refractivity contribution in [1.82, 2.24) is 0 Å². The Morgan fingerprint density at radius 3 is 2.70 bits per heavy atom. The van der Waals surface area contributed by atoms with Crippen molar-refractivity contribution in [3.05, 3.63) is 0 Å². The average molecular weight is 174 g/mol. The molecule has 1 saturated heterocycles. The van der Waals surface area contributed by atoms with Gasteiger partial charge in [0, 0.05) is 20.9 Å². The van der Waals surface area contributed by atoms with Crippen LogP contribution in [0, 0.1) is 0 Å². The van der Waals surface area contributed by atoms with Gasteiger partial charge < -0.3 is 4.74 Å². The standard InChI is InChI=1S/C7H18OSi2/c1-2-7(10-9)5-3-4-6-8-7/h2-6,10H2,1,9H3. The molecule has 0 bridgehead atoms. The van der Waals surface area contributed by atoms with Crippen LogP contribution in [0.15, 0.2) is 0 Å². The maximum absolute atomic E-state index is 5.86. The Labute approximate surface area is 68.6 Å². The van der Waals surface area contributed by atoms with Gasteiger partial charge in [0.1, 0.15) is 0 Å². The van der Waals surface area contributed by atoms with Crippen LogP contribution in [0.2, 0.25) is 0 Å². The minimum absolute atomic E-state index is 0.178. The van der Waals surface area contributed by atoms with Gasteiger partial charge in [0.2, 0.25) is 0 Å². The zero-order valence-electron chi connectivity index (χ0n) is 7.15. The molecule has 3 heteroatoms. The summed E-state index contributed by atoms with van der Waals surface area (Å²) in [6.07, 6.45) is 5.38. The minimum Gasteiger partial charge on any atom is -0.380 e. The van der Waals surface area contributed by atoms with Crippen molar-refractivity contribution >= 4 is 18.8 Å². The molecule has 0 radical (unpaired) electrons. The lowest BCUT2D eigenvalue weighted by molar-refractivity contribution is -0.0206. The minimum atomic E-state index is 0.178. The zero-order chi connectivity index (χ0) is 7.45. The molecule has 1 rings (SSSR count). The monoisotopic (exact) mass is 174 g/mol. The molecule has 1 fully saturated rings. The second-order valence-electron chi connectivity index (χ2n) is 3.20. The molecule has 1 aliphatic heterocycles. The number of hydrogen-bond acceptors (Lipinski definition) is 1. The van der Waals surface area contributed by atoms with Crippen molar-refractivity contribution in [2.24, 2.45) is 0 Å². The lowest BCUT2D eigenvalue weighted by Gasteiger charge is -2.35. The van der Waals surface area contributed by atoms with Crippen LogP contribution >= 0.6 is 0 Å². The summed E-state index contributed by atoms with van der Waals surface area (Å²) in [5.74, 6) is 0. The molecule has 1 aliphatic rings. The topological polar surface area (TPSA) is 9.23 Å². The summed E-state index contributed by atoms with van der Waals surface area (Å²) >= 11 is 0. The predicted octanol–water partition coefficient (Wildman–Crippen LogP) is -0.258. The van der Waals surface area contributed by atoms with E-state index in [1.54, 1.807) is 0 Å². The molecular weight excluding hydrogens is 156 g/mol. The molecule has 1 atom stereocenters. The lowest BCUT2D eigenvalue weighted by Crippen LogP contribution is -2.41. The highest BCUT2D eigenvalue weighted by molar-refractivity contribution is 6.91. The van der Waals surface area contributed by atoms with Gasteiger partial charge in [0.15, 0.2) is 0 Å². The van der Waals surface area contributed by atoms with E-state index >= 15 is 0 Å². The molecule has 0 N–H and O–H groups in total. The largest absolute Gasteiger partial charge is 0.380 e. The second kappa shape index (κ2) is 3.69. The van der Waals surface area contributed by atoms with Gasteiger partial charge in [-0.25, -0.2) is 0 Å². The predicted molar refractivity (Wildman–Crippen MR) is 51.3 cm³/mol. The summed E-state index contributed by atoms with van der Waals surface area (Å²) < 4.78 is 5.86. The Morgan fingerprint density at radius 1 is 1.60 bits per heavy atom. The van der Waals surface area contributed by atoms with E-state index in [0.29, 0.717) is 5.22 Å². The Bertz CT molecular complexity index is 93.8. The molecule has 1 unspecified atom stereocenters. The van der Waals surface area contributed by atoms with E-state index in [-0.39, 0.29) is 9.04 Å². The van der Waals surface area contributed by atoms with Gasteiger partial charge in [-0.05, 0) is 35.4 Å². The molecule has 10 heavy (non-hydrogen) atoms. The molecule has 0 saturated carbocycles. The van der Waals surface area contributed by atoms with Gasteiger partial charge in [0.05, 0.1) is 0 Å². The Hall–Kier alpha value is 0.394. The highest BCUT2D eigenvalue weighted by atomic mass is 29.1. The van der Waals surface area contributed by atoms with Gasteiger partial charge in [-0.3, -0.25) is 0 Å². The Morgan fingerprint density at radius 2 is 2.40 bits per heavy atom. The van der Waals surface area contributed by atoms with E-state index in [1.165, 1.54) is 35.4 Å². The Kier molecular flexibility index (Phi) is 3.13. The summed E-state index contributed by atoms with van der Waals surface area (Å²) in [4.78, 5) is 0. The summed E-state index contributed by atoms with van der Waals surface area (Å²) in [6.45, 7) is 3.33. The quantitative estimate of drug-likeness (QED) is 0.524. The van der Waals surface area contributed by atoms with Gasteiger partial charge in [0.25, 0.3) is 0 Å². The first kappa shape index (κ1) is 8.49. The van der Waals surface area contributed by atoms with Crippen molar-refractivity contribution in [3.8, 4) is 0 Å². The van der Waals surface area contributed by atoms with Crippen LogP contribution in [0.5, 0.6) is 0 Å². The van der Waals surface area contributed by atoms with E-state index in [1.807, 2.05) is 0 Å². The summed E-state index contributed by atoms with van der Waals surface area (Å²) in [6, 6.07) is 0. The fourth-order valence-corrected chi connectivity index (χ4v) is 6.34. The van der Waals surface area contributed by atoms with Crippen LogP contribution in [0.4, 0.5) is 0 Å². The first-order valence-electron chi connectivity index (χ1n) is 4.47. The molecule has 1 heterocycles. The van der Waals surface area contributed by atoms with Crippen LogP contribution < -0.4 is 0 Å². The zero-order valence-corrected chi connectivity index (χ0v) is 10.6. The molecule has 0 aromatic heterocycles. The van der Waals surface area contributed by atoms with E-state index < -0.39 is 0 Å². The van der Waals surface area contributed by atoms with Crippen LogP contribution in [0.25, 0.3) is 0 Å². The molecule has 0 aromatic carbocycles. The van der Waals surface area contributed by atoms with Crippen LogP contribution in [-0.4, -0.2) is 30.6 Å². The molecule has 0 spiro atoms. The van der Waals surface area contributed by atoms with Gasteiger partial charge >= 0.3 is 0 Å². The second-order valence-corrected chi connectivity index (χ2v) is 7.31. The maximum atomic E-state index is 5.86. The fraction of sp³-hybridized carbons (Fsp3) is 1.00. The molecule has 60 valence electrons. The third kappa shape index (κ3) is 1.71. The summed E-state index contributed by atoms with van der Waals surface area (Å²) in [5.41, 5.74) is 0. The van der Waals surface area contributed by atoms with Gasteiger partial charge in [-0.15, -0.1) is 0 Å². The van der Waals surface area contributed by atoms with Gasteiger partial charge in [-0.2, -0.15) is 0 Å². The molecule has 1 nitrogen and oxygen atoms in total. The molecular formula is C7H18OSi2. The molecule has 0 aliphatic carbocycles. The van der Waals surface area contributed by atoms with Crippen molar-refractivity contribution in [2.75, 3.05) is 6.61 Å². The highest BCUT2D eigenvalue weighted by Crippen LogP contribution is 2.25. The van der Waals surface area contributed by atoms with Crippen molar-refractivity contribution in [3.63, 3.8) is 0 Å². The van der Waals surface area contributed by atoms with Crippen LogP contribution in [-0.2, 0) is 4.74 Å². The van der Waals surface area contributed by atoms with E-state index in [4.69, 9.17) is 4.74 Å². The van der Waals surface area contributed by atoms with Crippen molar-refractivity contribution in [1.29, 1.82) is 0 Å². The average Bonchev–Trinajstić information content (AvgIpc) is 2.06. The van der Waals surface area contributed by atoms with E-state index in [9.17, 15) is 0 Å². The van der Waals surface area contributed by atoms with E-state index in [0.717, 1.165) is 6.61 Å². The fourth-order valence-electron chi connectivity index (χ4n) is 1.72. The maximum Gasteiger partial charge on any atom is 0.0486 e. The van der Waals surface area contributed by atoms with Crippen molar-refractivity contribution in [2.45, 2.75) is 37.8 Å². The summed E-state index contributed by atoms with van der Waals surface area (Å²) in [5, 5.41) is 0.463. The van der Waals surface area contributed by atoms with Crippen LogP contribution in [0.3, 0.4) is 0 Å². The van der Waals surface area contributed by atoms with Crippen LogP contribution in [0.1, 0.15) is 32.6 Å². The number of hydrogen-bond donors (Lipinski definition) is 0. The molecule has 0 amide bonds. The number of rotatable bonds is 2. The molecule has 0 aromatic rings. The third-order valence-electron chi connectivity index (χ3n) is 2.72. The normalized spacial score (nSPS) is 35.7. The third-order valence-corrected chi connectivity index (χ3v) is 8.94. The van der Waals surface area contributed by atoms with Crippen molar-refractivity contribution < 1.29 is 4.74 Å². The highest BCUT2D eigenvalue weighted by Gasteiger charge is 2.28. The Balaban J connectivity index is 2.44. The summed E-state index contributed by atoms with van der Waals surface area (Å²) in [7, 11) is 1.61. The first-order chi connectivity index (χ1) is 4.83. The SMILES string of the molecule is CCC1([SiH2][SiH3])CCCCO1. The van der Waals surface area contributed by atoms with E-state index in [2.05, 4.69) is 6.92 Å². The van der Waals surface area contributed by atoms with Gasteiger partial charge in [-0.1, -0.05) is 6.92 Å². The smallest absolute Gasteiger partial charge is 0.0486 e. The first-order valence-corrected chi connectivity index (χ1v) is 10.8. The number of ether oxygens (including phenoxy) is 1.